The first-order valence-electron chi connectivity index (χ1n) is 6.13. The second-order valence-corrected chi connectivity index (χ2v) is 4.61. The molecule has 1 aromatic carbocycles. The van der Waals surface area contributed by atoms with E-state index in [1.807, 2.05) is 18.2 Å². The van der Waals surface area contributed by atoms with Crippen LogP contribution in [0.2, 0.25) is 0 Å². The van der Waals surface area contributed by atoms with Crippen molar-refractivity contribution in [3.05, 3.63) is 53.2 Å². The lowest BCUT2D eigenvalue weighted by Gasteiger charge is -2.08. The molecular weight excluding hydrogens is 291 g/mol. The number of H-pyrrole nitrogens is 1. The molecule has 1 N–H and O–H groups in total. The Morgan fingerprint density at radius 1 is 1.29 bits per heavy atom. The molecule has 3 rings (SSSR count). The molecule has 0 bridgehead atoms. The van der Waals surface area contributed by atoms with Gasteiger partial charge in [-0.05, 0) is 36.5 Å². The third-order valence-electron chi connectivity index (χ3n) is 2.96. The van der Waals surface area contributed by atoms with E-state index in [4.69, 9.17) is 17.0 Å². The highest BCUT2D eigenvalue weighted by Gasteiger charge is 2.13. The summed E-state index contributed by atoms with van der Waals surface area (Å²) in [5, 5.41) is 6.92. The summed E-state index contributed by atoms with van der Waals surface area (Å²) >= 11 is 5.25. The fourth-order valence-corrected chi connectivity index (χ4v) is 2.23. The number of aromatic amines is 1. The van der Waals surface area contributed by atoms with Crippen LogP contribution >= 0.6 is 12.2 Å². The minimum absolute atomic E-state index is 0.141. The highest BCUT2D eigenvalue weighted by Crippen LogP contribution is 2.24. The summed E-state index contributed by atoms with van der Waals surface area (Å²) in [4.78, 5) is 4.25. The first kappa shape index (κ1) is 13.4. The Hall–Kier alpha value is -2.54. The van der Waals surface area contributed by atoms with Gasteiger partial charge in [-0.1, -0.05) is 6.07 Å². The van der Waals surface area contributed by atoms with Crippen LogP contribution in [0.25, 0.3) is 17.2 Å². The van der Waals surface area contributed by atoms with Crippen LogP contribution in [-0.2, 0) is 0 Å². The van der Waals surface area contributed by atoms with E-state index in [2.05, 4.69) is 15.2 Å². The molecule has 0 aliphatic rings. The van der Waals surface area contributed by atoms with Gasteiger partial charge in [0.05, 0.1) is 12.8 Å². The van der Waals surface area contributed by atoms with Gasteiger partial charge in [0.15, 0.2) is 22.2 Å². The van der Waals surface area contributed by atoms with E-state index >= 15 is 0 Å². The molecule has 0 atom stereocenters. The summed E-state index contributed by atoms with van der Waals surface area (Å²) in [6.45, 7) is 0. The van der Waals surface area contributed by atoms with Gasteiger partial charge in [0, 0.05) is 12.3 Å². The number of methoxy groups -OCH3 is 1. The quantitative estimate of drug-likeness (QED) is 0.755. The Labute approximate surface area is 125 Å². The zero-order valence-electron chi connectivity index (χ0n) is 11.1. The predicted molar refractivity (Wildman–Crippen MR) is 78.5 cm³/mol. The first-order valence-corrected chi connectivity index (χ1v) is 6.54. The Morgan fingerprint density at radius 2 is 2.14 bits per heavy atom. The fraction of sp³-hybridized carbons (Fsp3) is 0.0714. The van der Waals surface area contributed by atoms with E-state index in [1.165, 1.54) is 13.2 Å². The molecule has 21 heavy (non-hydrogen) atoms. The first-order chi connectivity index (χ1) is 10.2. The molecule has 0 fully saturated rings. The smallest absolute Gasteiger partial charge is 0.200 e. The Kier molecular flexibility index (Phi) is 3.49. The summed E-state index contributed by atoms with van der Waals surface area (Å²) in [6, 6.07) is 9.99. The maximum atomic E-state index is 13.5. The highest BCUT2D eigenvalue weighted by atomic mass is 32.1. The number of benzene rings is 1. The molecule has 106 valence electrons. The summed E-state index contributed by atoms with van der Waals surface area (Å²) in [5.74, 6) is 0.257. The van der Waals surface area contributed by atoms with Gasteiger partial charge in [-0.15, -0.1) is 0 Å². The molecule has 0 saturated heterocycles. The fourth-order valence-electron chi connectivity index (χ4n) is 1.99. The molecule has 0 aliphatic carbocycles. The molecule has 0 aliphatic heterocycles. The van der Waals surface area contributed by atoms with Gasteiger partial charge in [0.25, 0.3) is 0 Å². The van der Waals surface area contributed by atoms with Crippen LogP contribution in [0.15, 0.2) is 42.6 Å². The number of nitrogens with zero attached hydrogens (tertiary/aromatic N) is 3. The topological polar surface area (TPSA) is 55.7 Å². The molecular formula is C14H11FN4OS. The van der Waals surface area contributed by atoms with Crippen molar-refractivity contribution in [2.75, 3.05) is 7.11 Å². The van der Waals surface area contributed by atoms with E-state index < -0.39 is 5.82 Å². The molecule has 3 aromatic rings. The second kappa shape index (κ2) is 5.45. The number of aromatic nitrogens is 4. The van der Waals surface area contributed by atoms with Crippen LogP contribution in [0, 0.1) is 10.6 Å². The van der Waals surface area contributed by atoms with Crippen LogP contribution in [0.4, 0.5) is 4.39 Å². The van der Waals surface area contributed by atoms with Gasteiger partial charge in [-0.3, -0.25) is 14.6 Å². The van der Waals surface area contributed by atoms with Gasteiger partial charge in [-0.2, -0.15) is 5.10 Å². The van der Waals surface area contributed by atoms with Gasteiger partial charge in [0.2, 0.25) is 0 Å². The maximum Gasteiger partial charge on any atom is 0.200 e. The number of ether oxygens (including phenoxy) is 1. The van der Waals surface area contributed by atoms with Crippen molar-refractivity contribution in [3.63, 3.8) is 0 Å². The summed E-state index contributed by atoms with van der Waals surface area (Å²) in [6.07, 6.45) is 1.67. The third-order valence-corrected chi connectivity index (χ3v) is 3.23. The third kappa shape index (κ3) is 2.43. The van der Waals surface area contributed by atoms with Gasteiger partial charge >= 0.3 is 0 Å². The molecule has 0 amide bonds. The van der Waals surface area contributed by atoms with Crippen LogP contribution in [-0.4, -0.2) is 26.9 Å². The van der Waals surface area contributed by atoms with E-state index in [0.29, 0.717) is 22.0 Å². The number of hydrogen-bond acceptors (Lipinski definition) is 4. The van der Waals surface area contributed by atoms with Crippen LogP contribution in [0.3, 0.4) is 0 Å². The molecule has 0 radical (unpaired) electrons. The Bertz CT molecular complexity index is 828. The van der Waals surface area contributed by atoms with Crippen molar-refractivity contribution < 1.29 is 9.13 Å². The average Bonchev–Trinajstić information content (AvgIpc) is 2.90. The van der Waals surface area contributed by atoms with E-state index in [9.17, 15) is 4.39 Å². The largest absolute Gasteiger partial charge is 0.494 e. The van der Waals surface area contributed by atoms with Gasteiger partial charge in [-0.25, -0.2) is 4.39 Å². The molecule has 2 heterocycles. The lowest BCUT2D eigenvalue weighted by atomic mass is 10.2. The molecule has 7 heteroatoms. The molecule has 0 saturated carbocycles. The van der Waals surface area contributed by atoms with Gasteiger partial charge < -0.3 is 4.74 Å². The lowest BCUT2D eigenvalue weighted by Crippen LogP contribution is -2.00. The number of halogens is 1. The normalized spacial score (nSPS) is 10.6. The van der Waals surface area contributed by atoms with Crippen molar-refractivity contribution in [3.8, 4) is 23.0 Å². The zero-order valence-corrected chi connectivity index (χ0v) is 11.9. The molecule has 0 spiro atoms. The highest BCUT2D eigenvalue weighted by molar-refractivity contribution is 7.71. The van der Waals surface area contributed by atoms with E-state index in [0.717, 1.165) is 0 Å². The number of nitrogens with one attached hydrogen (secondary N) is 1. The molecule has 5 nitrogen and oxygen atoms in total. The second-order valence-electron chi connectivity index (χ2n) is 4.22. The average molecular weight is 302 g/mol. The minimum Gasteiger partial charge on any atom is -0.494 e. The summed E-state index contributed by atoms with van der Waals surface area (Å²) in [7, 11) is 1.41. The molecule has 2 aromatic heterocycles. The SMILES string of the molecule is COc1cc(-n2c(-c3ccccn3)n[nH]c2=S)ccc1F. The van der Waals surface area contributed by atoms with Crippen molar-refractivity contribution in [1.82, 2.24) is 19.7 Å². The monoisotopic (exact) mass is 302 g/mol. The Morgan fingerprint density at radius 3 is 2.86 bits per heavy atom. The van der Waals surface area contributed by atoms with Crippen LogP contribution in [0.1, 0.15) is 0 Å². The number of hydrogen-bond donors (Lipinski definition) is 1. The van der Waals surface area contributed by atoms with Crippen molar-refractivity contribution >= 4 is 12.2 Å². The van der Waals surface area contributed by atoms with E-state index in [1.54, 1.807) is 22.9 Å². The van der Waals surface area contributed by atoms with Crippen molar-refractivity contribution in [2.45, 2.75) is 0 Å². The maximum absolute atomic E-state index is 13.5. The minimum atomic E-state index is -0.435. The Balaban J connectivity index is 2.20. The predicted octanol–water partition coefficient (Wildman–Crippen LogP) is 3.14. The van der Waals surface area contributed by atoms with Crippen LogP contribution in [0.5, 0.6) is 5.75 Å². The lowest BCUT2D eigenvalue weighted by molar-refractivity contribution is 0.386. The van der Waals surface area contributed by atoms with Crippen molar-refractivity contribution in [1.29, 1.82) is 0 Å². The van der Waals surface area contributed by atoms with Crippen LogP contribution < -0.4 is 4.74 Å². The zero-order chi connectivity index (χ0) is 14.8. The summed E-state index contributed by atoms with van der Waals surface area (Å²) in [5.41, 5.74) is 1.31. The number of pyridine rings is 1. The van der Waals surface area contributed by atoms with E-state index in [-0.39, 0.29) is 5.75 Å². The van der Waals surface area contributed by atoms with Crippen molar-refractivity contribution in [2.24, 2.45) is 0 Å². The standard InChI is InChI=1S/C14H11FN4OS/c1-20-12-8-9(5-6-10(12)15)19-13(17-18-14(19)21)11-4-2-3-7-16-11/h2-8H,1H3,(H,18,21). The number of rotatable bonds is 3. The molecule has 0 unspecified atom stereocenters. The summed E-state index contributed by atoms with van der Waals surface area (Å²) < 4.78 is 20.6. The van der Waals surface area contributed by atoms with Gasteiger partial charge in [0.1, 0.15) is 5.69 Å².